The van der Waals surface area contributed by atoms with Crippen molar-refractivity contribution in [2.24, 2.45) is 0 Å². The first-order valence-electron chi connectivity index (χ1n) is 5.11. The number of aliphatic hydroxyl groups is 2. The minimum atomic E-state index is -0.897. The molecule has 1 aromatic rings. The lowest BCUT2D eigenvalue weighted by molar-refractivity contribution is 0.0296. The lowest BCUT2D eigenvalue weighted by Crippen LogP contribution is -2.43. The van der Waals surface area contributed by atoms with E-state index in [1.54, 1.807) is 0 Å². The van der Waals surface area contributed by atoms with Crippen molar-refractivity contribution in [2.45, 2.75) is 31.1 Å². The summed E-state index contributed by atoms with van der Waals surface area (Å²) >= 11 is 0. The van der Waals surface area contributed by atoms with Crippen molar-refractivity contribution in [1.29, 1.82) is 0 Å². The summed E-state index contributed by atoms with van der Waals surface area (Å²) in [5.74, 6) is -0.361. The molecule has 0 spiro atoms. The fourth-order valence-corrected chi connectivity index (χ4v) is 1.78. The van der Waals surface area contributed by atoms with Crippen molar-refractivity contribution in [2.75, 3.05) is 0 Å². The number of rotatable bonds is 2. The Morgan fingerprint density at radius 2 is 2.25 bits per heavy atom. The van der Waals surface area contributed by atoms with Crippen molar-refractivity contribution >= 4 is 5.91 Å². The standard InChI is InChI=1S/C10H13N3O3/c14-8-2-1-6(9(8)15)13-10(16)7-3-4-11-5-12-7/h3-6,8-9,14-15H,1-2H2,(H,13,16)/t6-,8-,9-/m1/s1. The summed E-state index contributed by atoms with van der Waals surface area (Å²) in [6.45, 7) is 0. The molecule has 1 heterocycles. The van der Waals surface area contributed by atoms with Gasteiger partial charge in [-0.15, -0.1) is 0 Å². The predicted octanol–water partition coefficient (Wildman–Crippen LogP) is -0.909. The van der Waals surface area contributed by atoms with Gasteiger partial charge in [-0.05, 0) is 18.9 Å². The van der Waals surface area contributed by atoms with Crippen LogP contribution < -0.4 is 5.32 Å². The second kappa shape index (κ2) is 4.54. The average Bonchev–Trinajstić information content (AvgIpc) is 2.62. The number of hydrogen-bond acceptors (Lipinski definition) is 5. The monoisotopic (exact) mass is 223 g/mol. The van der Waals surface area contributed by atoms with Gasteiger partial charge in [-0.3, -0.25) is 4.79 Å². The fraction of sp³-hybridized carbons (Fsp3) is 0.500. The van der Waals surface area contributed by atoms with Crippen molar-refractivity contribution in [3.05, 3.63) is 24.3 Å². The van der Waals surface area contributed by atoms with Crippen LogP contribution in [0.25, 0.3) is 0 Å². The first-order valence-corrected chi connectivity index (χ1v) is 5.11. The number of nitrogens with one attached hydrogen (secondary N) is 1. The molecule has 0 aromatic carbocycles. The molecule has 2 rings (SSSR count). The molecule has 6 heteroatoms. The van der Waals surface area contributed by atoms with E-state index in [1.165, 1.54) is 18.6 Å². The molecule has 3 atom stereocenters. The van der Waals surface area contributed by atoms with Crippen LogP contribution in [0.15, 0.2) is 18.6 Å². The van der Waals surface area contributed by atoms with Gasteiger partial charge in [0.25, 0.3) is 5.91 Å². The molecule has 0 radical (unpaired) electrons. The Morgan fingerprint density at radius 1 is 1.44 bits per heavy atom. The minimum absolute atomic E-state index is 0.253. The topological polar surface area (TPSA) is 95.3 Å². The van der Waals surface area contributed by atoms with Gasteiger partial charge in [0.1, 0.15) is 18.1 Å². The van der Waals surface area contributed by atoms with E-state index in [0.717, 1.165) is 0 Å². The zero-order valence-corrected chi connectivity index (χ0v) is 8.58. The highest BCUT2D eigenvalue weighted by Crippen LogP contribution is 2.19. The van der Waals surface area contributed by atoms with E-state index in [9.17, 15) is 15.0 Å². The lowest BCUT2D eigenvalue weighted by atomic mass is 10.2. The molecule has 6 nitrogen and oxygen atoms in total. The normalized spacial score (nSPS) is 29.0. The largest absolute Gasteiger partial charge is 0.390 e. The molecule has 1 saturated carbocycles. The van der Waals surface area contributed by atoms with E-state index in [4.69, 9.17) is 0 Å². The van der Waals surface area contributed by atoms with Crippen molar-refractivity contribution in [3.8, 4) is 0 Å². The Labute approximate surface area is 92.4 Å². The van der Waals surface area contributed by atoms with Gasteiger partial charge in [0.05, 0.1) is 12.1 Å². The maximum absolute atomic E-state index is 11.7. The van der Waals surface area contributed by atoms with Crippen LogP contribution in [-0.2, 0) is 0 Å². The Hall–Kier alpha value is -1.53. The van der Waals surface area contributed by atoms with Crippen molar-refractivity contribution in [1.82, 2.24) is 15.3 Å². The van der Waals surface area contributed by atoms with Crippen molar-refractivity contribution in [3.63, 3.8) is 0 Å². The van der Waals surface area contributed by atoms with Crippen LogP contribution in [0.4, 0.5) is 0 Å². The quantitative estimate of drug-likeness (QED) is 0.603. The fourth-order valence-electron chi connectivity index (χ4n) is 1.78. The zero-order valence-electron chi connectivity index (χ0n) is 8.58. The van der Waals surface area contributed by atoms with Gasteiger partial charge < -0.3 is 15.5 Å². The zero-order chi connectivity index (χ0) is 11.5. The van der Waals surface area contributed by atoms with E-state index in [1.807, 2.05) is 0 Å². The number of aliphatic hydroxyl groups excluding tert-OH is 2. The molecule has 86 valence electrons. The third kappa shape index (κ3) is 2.17. The molecule has 0 bridgehead atoms. The second-order valence-electron chi connectivity index (χ2n) is 3.81. The molecule has 1 amide bonds. The van der Waals surface area contributed by atoms with Crippen LogP contribution in [-0.4, -0.2) is 44.3 Å². The molecular weight excluding hydrogens is 210 g/mol. The number of amides is 1. The van der Waals surface area contributed by atoms with Gasteiger partial charge in [0.15, 0.2) is 0 Å². The summed E-state index contributed by atoms with van der Waals surface area (Å²) in [6.07, 6.45) is 2.17. The van der Waals surface area contributed by atoms with Gasteiger partial charge in [-0.1, -0.05) is 0 Å². The average molecular weight is 223 g/mol. The summed E-state index contributed by atoms with van der Waals surface area (Å²) < 4.78 is 0. The molecule has 16 heavy (non-hydrogen) atoms. The Bertz CT molecular complexity index is 371. The number of hydrogen-bond donors (Lipinski definition) is 3. The smallest absolute Gasteiger partial charge is 0.270 e. The van der Waals surface area contributed by atoms with Gasteiger partial charge in [0, 0.05) is 6.20 Å². The van der Waals surface area contributed by atoms with E-state index >= 15 is 0 Å². The molecule has 0 unspecified atom stereocenters. The molecule has 0 aliphatic heterocycles. The first-order chi connectivity index (χ1) is 7.68. The molecule has 3 N–H and O–H groups in total. The van der Waals surface area contributed by atoms with Crippen LogP contribution in [0.3, 0.4) is 0 Å². The van der Waals surface area contributed by atoms with Gasteiger partial charge in [0.2, 0.25) is 0 Å². The maximum atomic E-state index is 11.7. The van der Waals surface area contributed by atoms with Gasteiger partial charge >= 0.3 is 0 Å². The van der Waals surface area contributed by atoms with Crippen molar-refractivity contribution < 1.29 is 15.0 Å². The van der Waals surface area contributed by atoms with Crippen LogP contribution in [0.5, 0.6) is 0 Å². The number of carbonyl (C=O) groups is 1. The lowest BCUT2D eigenvalue weighted by Gasteiger charge is -2.17. The van der Waals surface area contributed by atoms with Crippen LogP contribution in [0, 0.1) is 0 Å². The summed E-state index contributed by atoms with van der Waals surface area (Å²) in [6, 6.07) is 1.09. The Balaban J connectivity index is 1.98. The van der Waals surface area contributed by atoms with Gasteiger partial charge in [-0.25, -0.2) is 9.97 Å². The molecule has 1 aliphatic rings. The summed E-state index contributed by atoms with van der Waals surface area (Å²) in [5, 5.41) is 21.5. The van der Waals surface area contributed by atoms with Crippen LogP contribution in [0.2, 0.25) is 0 Å². The van der Waals surface area contributed by atoms with E-state index in [0.29, 0.717) is 12.8 Å². The van der Waals surface area contributed by atoms with Gasteiger partial charge in [-0.2, -0.15) is 0 Å². The van der Waals surface area contributed by atoms with Crippen LogP contribution >= 0.6 is 0 Å². The molecule has 1 fully saturated rings. The predicted molar refractivity (Wildman–Crippen MR) is 54.5 cm³/mol. The third-order valence-corrected chi connectivity index (χ3v) is 2.71. The van der Waals surface area contributed by atoms with E-state index in [2.05, 4.69) is 15.3 Å². The van der Waals surface area contributed by atoms with E-state index in [-0.39, 0.29) is 11.6 Å². The molecular formula is C10H13N3O3. The minimum Gasteiger partial charge on any atom is -0.390 e. The number of nitrogens with zero attached hydrogens (tertiary/aromatic N) is 2. The SMILES string of the molecule is O=C(N[C@@H]1CC[C@@H](O)[C@@H]1O)c1ccncn1. The summed E-state index contributed by atoms with van der Waals surface area (Å²) in [5.41, 5.74) is 0.253. The molecule has 1 aliphatic carbocycles. The Morgan fingerprint density at radius 3 is 2.81 bits per heavy atom. The third-order valence-electron chi connectivity index (χ3n) is 2.71. The van der Waals surface area contributed by atoms with Crippen LogP contribution in [0.1, 0.15) is 23.3 Å². The Kier molecular flexibility index (Phi) is 3.12. The molecule has 1 aromatic heterocycles. The summed E-state index contributed by atoms with van der Waals surface area (Å²) in [7, 11) is 0. The first kappa shape index (κ1) is 11.0. The highest BCUT2D eigenvalue weighted by Gasteiger charge is 2.34. The maximum Gasteiger partial charge on any atom is 0.270 e. The number of carbonyl (C=O) groups excluding carboxylic acids is 1. The van der Waals surface area contributed by atoms with E-state index < -0.39 is 18.2 Å². The number of aromatic nitrogens is 2. The summed E-state index contributed by atoms with van der Waals surface area (Å²) in [4.78, 5) is 19.2. The highest BCUT2D eigenvalue weighted by molar-refractivity contribution is 5.92. The molecule has 0 saturated heterocycles. The highest BCUT2D eigenvalue weighted by atomic mass is 16.3. The second-order valence-corrected chi connectivity index (χ2v) is 3.81.